The number of rotatable bonds is 3. The SMILES string of the molecule is COc1ccc([C@@H]2CCCCN(C(=O)c3ccc4nccnc4c3)C2)cc1. The Kier molecular flexibility index (Phi) is 5.01. The number of hydrogen-bond donors (Lipinski definition) is 0. The van der Waals surface area contributed by atoms with Crippen LogP contribution in [0, 0.1) is 0 Å². The maximum Gasteiger partial charge on any atom is 0.253 e. The van der Waals surface area contributed by atoms with Crippen molar-refractivity contribution in [3.05, 3.63) is 66.0 Å². The molecule has 138 valence electrons. The number of methoxy groups -OCH3 is 1. The van der Waals surface area contributed by atoms with E-state index in [1.807, 2.05) is 35.2 Å². The number of amides is 1. The molecule has 0 unspecified atom stereocenters. The normalized spacial score (nSPS) is 17.5. The molecule has 27 heavy (non-hydrogen) atoms. The first-order valence-corrected chi connectivity index (χ1v) is 9.38. The van der Waals surface area contributed by atoms with Gasteiger partial charge in [0.1, 0.15) is 5.75 Å². The average molecular weight is 361 g/mol. The van der Waals surface area contributed by atoms with Crippen LogP contribution in [0.3, 0.4) is 0 Å². The quantitative estimate of drug-likeness (QED) is 0.706. The van der Waals surface area contributed by atoms with Gasteiger partial charge >= 0.3 is 0 Å². The van der Waals surface area contributed by atoms with Crippen LogP contribution in [0.15, 0.2) is 54.9 Å². The van der Waals surface area contributed by atoms with Crippen molar-refractivity contribution in [3.8, 4) is 5.75 Å². The summed E-state index contributed by atoms with van der Waals surface area (Å²) in [6.45, 7) is 1.54. The minimum atomic E-state index is 0.0722. The van der Waals surface area contributed by atoms with E-state index >= 15 is 0 Å². The minimum absolute atomic E-state index is 0.0722. The number of ether oxygens (including phenoxy) is 1. The van der Waals surface area contributed by atoms with Gasteiger partial charge in [0, 0.05) is 37.0 Å². The molecule has 0 bridgehead atoms. The zero-order valence-electron chi connectivity index (χ0n) is 15.5. The number of nitrogens with zero attached hydrogens (tertiary/aromatic N) is 3. The summed E-state index contributed by atoms with van der Waals surface area (Å²) in [6.07, 6.45) is 6.58. The molecule has 5 heteroatoms. The molecule has 1 fully saturated rings. The summed E-state index contributed by atoms with van der Waals surface area (Å²) in [4.78, 5) is 23.7. The fraction of sp³-hybridized carbons (Fsp3) is 0.318. The Hall–Kier alpha value is -2.95. The van der Waals surface area contributed by atoms with Crippen LogP contribution in [-0.4, -0.2) is 41.0 Å². The van der Waals surface area contributed by atoms with Crippen molar-refractivity contribution in [3.63, 3.8) is 0 Å². The van der Waals surface area contributed by atoms with E-state index in [9.17, 15) is 4.79 Å². The largest absolute Gasteiger partial charge is 0.497 e. The van der Waals surface area contributed by atoms with Crippen LogP contribution in [0.25, 0.3) is 11.0 Å². The summed E-state index contributed by atoms with van der Waals surface area (Å²) < 4.78 is 5.26. The summed E-state index contributed by atoms with van der Waals surface area (Å²) in [5.41, 5.74) is 3.50. The Morgan fingerprint density at radius 3 is 2.59 bits per heavy atom. The van der Waals surface area contributed by atoms with Gasteiger partial charge in [-0.05, 0) is 48.7 Å². The minimum Gasteiger partial charge on any atom is -0.497 e. The third-order valence-corrected chi connectivity index (χ3v) is 5.26. The molecule has 5 nitrogen and oxygen atoms in total. The molecule has 0 radical (unpaired) electrons. The van der Waals surface area contributed by atoms with Crippen molar-refractivity contribution in [1.29, 1.82) is 0 Å². The second-order valence-electron chi connectivity index (χ2n) is 6.98. The summed E-state index contributed by atoms with van der Waals surface area (Å²) in [5, 5.41) is 0. The van der Waals surface area contributed by atoms with E-state index in [0.717, 1.165) is 49.1 Å². The summed E-state index contributed by atoms with van der Waals surface area (Å²) in [7, 11) is 1.68. The van der Waals surface area contributed by atoms with Gasteiger partial charge in [0.05, 0.1) is 18.1 Å². The molecule has 1 amide bonds. The zero-order valence-corrected chi connectivity index (χ0v) is 15.5. The monoisotopic (exact) mass is 361 g/mol. The predicted octanol–water partition coefficient (Wildman–Crippen LogP) is 4.05. The lowest BCUT2D eigenvalue weighted by molar-refractivity contribution is 0.0754. The van der Waals surface area contributed by atoms with E-state index in [2.05, 4.69) is 22.1 Å². The first-order valence-electron chi connectivity index (χ1n) is 9.38. The molecule has 0 saturated carbocycles. The number of fused-ring (bicyclic) bond motifs is 1. The van der Waals surface area contributed by atoms with E-state index in [1.54, 1.807) is 19.5 Å². The van der Waals surface area contributed by atoms with Gasteiger partial charge in [-0.1, -0.05) is 18.6 Å². The molecule has 1 aromatic heterocycles. The smallest absolute Gasteiger partial charge is 0.253 e. The molecule has 1 aliphatic heterocycles. The average Bonchev–Trinajstić information content (AvgIpc) is 2.99. The lowest BCUT2D eigenvalue weighted by Crippen LogP contribution is -2.34. The van der Waals surface area contributed by atoms with Gasteiger partial charge in [-0.3, -0.25) is 14.8 Å². The summed E-state index contributed by atoms with van der Waals surface area (Å²) in [5.74, 6) is 1.28. The Balaban J connectivity index is 1.56. The van der Waals surface area contributed by atoms with Gasteiger partial charge in [0.2, 0.25) is 0 Å². The molecule has 0 spiro atoms. The van der Waals surface area contributed by atoms with Crippen molar-refractivity contribution in [2.45, 2.75) is 25.2 Å². The lowest BCUT2D eigenvalue weighted by atomic mass is 9.94. The lowest BCUT2D eigenvalue weighted by Gasteiger charge is -2.25. The Bertz CT molecular complexity index is 940. The number of aromatic nitrogens is 2. The molecule has 3 aromatic rings. The predicted molar refractivity (Wildman–Crippen MR) is 105 cm³/mol. The Labute approximate surface area is 159 Å². The number of carbonyl (C=O) groups excluding carboxylic acids is 1. The van der Waals surface area contributed by atoms with Gasteiger partial charge in [-0.2, -0.15) is 0 Å². The van der Waals surface area contributed by atoms with Crippen molar-refractivity contribution in [1.82, 2.24) is 14.9 Å². The van der Waals surface area contributed by atoms with E-state index in [4.69, 9.17) is 4.74 Å². The molecule has 1 saturated heterocycles. The van der Waals surface area contributed by atoms with Crippen LogP contribution in [0.2, 0.25) is 0 Å². The van der Waals surface area contributed by atoms with E-state index in [1.165, 1.54) is 5.56 Å². The van der Waals surface area contributed by atoms with Gasteiger partial charge in [-0.25, -0.2) is 0 Å². The first kappa shape index (κ1) is 17.5. The number of carbonyl (C=O) groups is 1. The number of benzene rings is 2. The zero-order chi connectivity index (χ0) is 18.6. The molecule has 1 aliphatic rings. The highest BCUT2D eigenvalue weighted by molar-refractivity contribution is 5.97. The van der Waals surface area contributed by atoms with E-state index < -0.39 is 0 Å². The van der Waals surface area contributed by atoms with Crippen molar-refractivity contribution >= 4 is 16.9 Å². The van der Waals surface area contributed by atoms with Crippen LogP contribution in [-0.2, 0) is 0 Å². The molecule has 0 aliphatic carbocycles. The third-order valence-electron chi connectivity index (χ3n) is 5.26. The second-order valence-corrected chi connectivity index (χ2v) is 6.98. The van der Waals surface area contributed by atoms with Gasteiger partial charge in [0.25, 0.3) is 5.91 Å². The Morgan fingerprint density at radius 1 is 1.04 bits per heavy atom. The van der Waals surface area contributed by atoms with Gasteiger partial charge in [-0.15, -0.1) is 0 Å². The van der Waals surface area contributed by atoms with Crippen LogP contribution in [0.4, 0.5) is 0 Å². The van der Waals surface area contributed by atoms with Crippen LogP contribution < -0.4 is 4.74 Å². The van der Waals surface area contributed by atoms with Gasteiger partial charge in [0.15, 0.2) is 0 Å². The van der Waals surface area contributed by atoms with Gasteiger partial charge < -0.3 is 9.64 Å². The highest BCUT2D eigenvalue weighted by Crippen LogP contribution is 2.28. The highest BCUT2D eigenvalue weighted by atomic mass is 16.5. The standard InChI is InChI=1S/C22H23N3O2/c1-27-19-8-5-16(6-9-19)18-4-2-3-13-25(15-18)22(26)17-7-10-20-21(14-17)24-12-11-23-20/h5-12,14,18H,2-4,13,15H2,1H3/t18-/m1/s1. The van der Waals surface area contributed by atoms with E-state index in [-0.39, 0.29) is 5.91 Å². The fourth-order valence-corrected chi connectivity index (χ4v) is 3.75. The van der Waals surface area contributed by atoms with Crippen molar-refractivity contribution in [2.75, 3.05) is 20.2 Å². The molecule has 4 rings (SSSR count). The molecule has 2 aromatic carbocycles. The molecular weight excluding hydrogens is 338 g/mol. The highest BCUT2D eigenvalue weighted by Gasteiger charge is 2.24. The molecular formula is C22H23N3O2. The fourth-order valence-electron chi connectivity index (χ4n) is 3.75. The van der Waals surface area contributed by atoms with E-state index in [0.29, 0.717) is 11.5 Å². The molecule has 0 N–H and O–H groups in total. The van der Waals surface area contributed by atoms with Crippen LogP contribution in [0.1, 0.15) is 41.1 Å². The number of hydrogen-bond acceptors (Lipinski definition) is 4. The van der Waals surface area contributed by atoms with Crippen molar-refractivity contribution in [2.24, 2.45) is 0 Å². The van der Waals surface area contributed by atoms with Crippen LogP contribution in [0.5, 0.6) is 5.75 Å². The number of likely N-dealkylation sites (tertiary alicyclic amines) is 1. The maximum absolute atomic E-state index is 13.1. The van der Waals surface area contributed by atoms with Crippen LogP contribution >= 0.6 is 0 Å². The summed E-state index contributed by atoms with van der Waals surface area (Å²) in [6, 6.07) is 13.8. The third kappa shape index (κ3) is 3.77. The second kappa shape index (κ2) is 7.74. The molecule has 1 atom stereocenters. The Morgan fingerprint density at radius 2 is 1.81 bits per heavy atom. The van der Waals surface area contributed by atoms with Crippen molar-refractivity contribution < 1.29 is 9.53 Å². The molecule has 2 heterocycles. The first-order chi connectivity index (χ1) is 13.2. The maximum atomic E-state index is 13.1. The summed E-state index contributed by atoms with van der Waals surface area (Å²) >= 11 is 0. The topological polar surface area (TPSA) is 55.3 Å².